The van der Waals surface area contributed by atoms with Gasteiger partial charge in [0.05, 0.1) is 5.52 Å². The molecule has 1 saturated heterocycles. The topological polar surface area (TPSA) is 87.6 Å². The number of hydrogen-bond acceptors (Lipinski definition) is 5. The van der Waals surface area contributed by atoms with Crippen molar-refractivity contribution in [3.05, 3.63) is 62.6 Å². The smallest absolute Gasteiger partial charge is 0.417 e. The van der Waals surface area contributed by atoms with E-state index in [-0.39, 0.29) is 12.7 Å². The third-order valence-corrected chi connectivity index (χ3v) is 6.52. The number of carbonyl (C=O) groups is 1. The average Bonchev–Trinajstić information content (AvgIpc) is 3.37. The Morgan fingerprint density at radius 1 is 1.13 bits per heavy atom. The first kappa shape index (κ1) is 20.3. The minimum Gasteiger partial charge on any atom is -0.445 e. The highest BCUT2D eigenvalue weighted by Crippen LogP contribution is 2.39. The number of oxazole rings is 1. The molecule has 1 aliphatic carbocycles. The van der Waals surface area contributed by atoms with Crippen LogP contribution in [0.1, 0.15) is 18.4 Å². The van der Waals surface area contributed by atoms with E-state index in [1.165, 1.54) is 0 Å². The standard InChI is InChI=1S/C22H21Cl2N3O4/c23-15-3-12(4-16(24)7-15)11-30-22(29)27-9-13-5-18(6-14(13)10-27)25-17-1-2-19-20(8-17)31-21(28)26-19/h1-4,7-8,13-14,18,25H,5-6,9-11H2,(H,26,28)/t13-,14+,18?. The number of hydrogen-bond donors (Lipinski definition) is 2. The van der Waals surface area contributed by atoms with E-state index in [9.17, 15) is 9.59 Å². The van der Waals surface area contributed by atoms with Crippen molar-refractivity contribution in [2.24, 2.45) is 11.8 Å². The maximum absolute atomic E-state index is 12.5. The molecule has 2 aliphatic rings. The van der Waals surface area contributed by atoms with Crippen LogP contribution in [0.2, 0.25) is 10.0 Å². The van der Waals surface area contributed by atoms with Crippen LogP contribution in [0, 0.1) is 11.8 Å². The normalized spacial score (nSPS) is 22.6. The molecule has 0 bridgehead atoms. The molecule has 162 valence electrons. The Balaban J connectivity index is 1.14. The van der Waals surface area contributed by atoms with Crippen LogP contribution < -0.4 is 11.1 Å². The van der Waals surface area contributed by atoms with Gasteiger partial charge in [-0.1, -0.05) is 23.2 Å². The molecule has 2 fully saturated rings. The number of anilines is 1. The fourth-order valence-electron chi connectivity index (χ4n) is 4.77. The first-order chi connectivity index (χ1) is 14.9. The minimum atomic E-state index is -0.451. The predicted octanol–water partition coefficient (Wildman–Crippen LogP) is 4.89. The van der Waals surface area contributed by atoms with E-state index in [4.69, 9.17) is 32.4 Å². The van der Waals surface area contributed by atoms with Crippen LogP contribution in [0.25, 0.3) is 11.1 Å². The summed E-state index contributed by atoms with van der Waals surface area (Å²) in [5, 5.41) is 4.57. The zero-order valence-corrected chi connectivity index (χ0v) is 18.1. The van der Waals surface area contributed by atoms with Crippen molar-refractivity contribution in [1.82, 2.24) is 9.88 Å². The van der Waals surface area contributed by atoms with E-state index in [1.807, 2.05) is 18.2 Å². The maximum Gasteiger partial charge on any atom is 0.417 e. The molecule has 2 N–H and O–H groups in total. The van der Waals surface area contributed by atoms with E-state index in [0.717, 1.165) is 24.1 Å². The second-order valence-corrected chi connectivity index (χ2v) is 9.17. The van der Waals surface area contributed by atoms with Crippen molar-refractivity contribution >= 4 is 46.1 Å². The molecule has 1 amide bonds. The lowest BCUT2D eigenvalue weighted by molar-refractivity contribution is 0.101. The Hall–Kier alpha value is -2.64. The zero-order chi connectivity index (χ0) is 21.5. The highest BCUT2D eigenvalue weighted by Gasteiger charge is 2.42. The molecule has 5 rings (SSSR count). The summed E-state index contributed by atoms with van der Waals surface area (Å²) < 4.78 is 10.6. The number of fused-ring (bicyclic) bond motifs is 2. The van der Waals surface area contributed by atoms with Gasteiger partial charge in [0.15, 0.2) is 5.58 Å². The third kappa shape index (κ3) is 4.38. The van der Waals surface area contributed by atoms with Crippen LogP contribution in [-0.2, 0) is 11.3 Å². The molecule has 31 heavy (non-hydrogen) atoms. The second-order valence-electron chi connectivity index (χ2n) is 8.30. The summed E-state index contributed by atoms with van der Waals surface area (Å²) in [6.07, 6.45) is 1.66. The maximum atomic E-state index is 12.5. The van der Waals surface area contributed by atoms with Gasteiger partial charge in [-0.15, -0.1) is 0 Å². The summed E-state index contributed by atoms with van der Waals surface area (Å²) >= 11 is 12.0. The zero-order valence-electron chi connectivity index (χ0n) is 16.6. The predicted molar refractivity (Wildman–Crippen MR) is 119 cm³/mol. The van der Waals surface area contributed by atoms with Gasteiger partial charge in [-0.2, -0.15) is 0 Å². The number of carbonyl (C=O) groups excluding carboxylic acids is 1. The van der Waals surface area contributed by atoms with E-state index >= 15 is 0 Å². The van der Waals surface area contributed by atoms with Crippen molar-refractivity contribution < 1.29 is 13.9 Å². The summed E-state index contributed by atoms with van der Waals surface area (Å²) in [7, 11) is 0. The van der Waals surface area contributed by atoms with Gasteiger partial charge in [-0.25, -0.2) is 9.59 Å². The van der Waals surface area contributed by atoms with Crippen LogP contribution >= 0.6 is 23.2 Å². The molecule has 1 aliphatic heterocycles. The first-order valence-corrected chi connectivity index (χ1v) is 10.9. The molecule has 2 heterocycles. The number of benzene rings is 2. The van der Waals surface area contributed by atoms with E-state index in [2.05, 4.69) is 10.3 Å². The highest BCUT2D eigenvalue weighted by molar-refractivity contribution is 6.34. The Kier molecular flexibility index (Phi) is 5.32. The van der Waals surface area contributed by atoms with Gasteiger partial charge in [0.1, 0.15) is 6.61 Å². The number of nitrogens with one attached hydrogen (secondary N) is 2. The number of H-pyrrole nitrogens is 1. The molecular weight excluding hydrogens is 441 g/mol. The molecule has 3 atom stereocenters. The number of aromatic nitrogens is 1. The molecule has 2 aromatic carbocycles. The van der Waals surface area contributed by atoms with E-state index in [1.54, 1.807) is 23.1 Å². The molecule has 1 unspecified atom stereocenters. The van der Waals surface area contributed by atoms with Gasteiger partial charge in [0.25, 0.3) is 0 Å². The van der Waals surface area contributed by atoms with Crippen molar-refractivity contribution in [2.75, 3.05) is 18.4 Å². The summed E-state index contributed by atoms with van der Waals surface area (Å²) in [4.78, 5) is 28.3. The van der Waals surface area contributed by atoms with Gasteiger partial charge in [-0.05, 0) is 60.6 Å². The molecule has 0 spiro atoms. The molecule has 7 nitrogen and oxygen atoms in total. The van der Waals surface area contributed by atoms with Gasteiger partial charge < -0.3 is 19.4 Å². The molecule has 3 aromatic rings. The number of likely N-dealkylation sites (tertiary alicyclic amines) is 1. The van der Waals surface area contributed by atoms with Crippen LogP contribution in [0.15, 0.2) is 45.6 Å². The van der Waals surface area contributed by atoms with Crippen molar-refractivity contribution in [3.8, 4) is 0 Å². The lowest BCUT2D eigenvalue weighted by Crippen LogP contribution is -2.31. The van der Waals surface area contributed by atoms with Crippen molar-refractivity contribution in [3.63, 3.8) is 0 Å². The summed E-state index contributed by atoms with van der Waals surface area (Å²) in [5.74, 6) is 0.437. The number of amides is 1. The first-order valence-electron chi connectivity index (χ1n) is 10.2. The highest BCUT2D eigenvalue weighted by atomic mass is 35.5. The molecular formula is C22H21Cl2N3O4. The Labute approximate surface area is 188 Å². The Morgan fingerprint density at radius 3 is 2.55 bits per heavy atom. The molecule has 9 heteroatoms. The molecule has 1 aromatic heterocycles. The van der Waals surface area contributed by atoms with E-state index in [0.29, 0.717) is 52.1 Å². The monoisotopic (exact) mass is 461 g/mol. The summed E-state index contributed by atoms with van der Waals surface area (Å²) in [5.41, 5.74) is 2.93. The number of halogens is 2. The summed E-state index contributed by atoms with van der Waals surface area (Å²) in [6.45, 7) is 1.54. The van der Waals surface area contributed by atoms with Gasteiger partial charge >= 0.3 is 11.8 Å². The Bertz CT molecular complexity index is 1160. The van der Waals surface area contributed by atoms with Crippen LogP contribution in [-0.4, -0.2) is 35.1 Å². The lowest BCUT2D eigenvalue weighted by Gasteiger charge is -2.20. The van der Waals surface area contributed by atoms with Gasteiger partial charge in [-0.3, -0.25) is 4.98 Å². The number of ether oxygens (including phenoxy) is 1. The van der Waals surface area contributed by atoms with Crippen molar-refractivity contribution in [1.29, 1.82) is 0 Å². The van der Waals surface area contributed by atoms with Gasteiger partial charge in [0, 0.05) is 40.9 Å². The summed E-state index contributed by atoms with van der Waals surface area (Å²) in [6, 6.07) is 11.1. The minimum absolute atomic E-state index is 0.146. The largest absolute Gasteiger partial charge is 0.445 e. The molecule has 1 saturated carbocycles. The van der Waals surface area contributed by atoms with Gasteiger partial charge in [0.2, 0.25) is 0 Å². The number of rotatable bonds is 4. The fraction of sp³-hybridized carbons (Fsp3) is 0.364. The third-order valence-electron chi connectivity index (χ3n) is 6.09. The Morgan fingerprint density at radius 2 is 1.84 bits per heavy atom. The fourth-order valence-corrected chi connectivity index (χ4v) is 5.34. The van der Waals surface area contributed by atoms with Crippen LogP contribution in [0.4, 0.5) is 10.5 Å². The van der Waals surface area contributed by atoms with E-state index < -0.39 is 5.76 Å². The quantitative estimate of drug-likeness (QED) is 0.577. The second kappa shape index (κ2) is 8.13. The van der Waals surface area contributed by atoms with Crippen LogP contribution in [0.5, 0.6) is 0 Å². The SMILES string of the molecule is O=C(OCc1cc(Cl)cc(Cl)c1)N1C[C@H]2CC(Nc3ccc4[nH]c(=O)oc4c3)C[C@H]2C1. The number of aromatic amines is 1. The number of nitrogens with zero attached hydrogens (tertiary/aromatic N) is 1. The lowest BCUT2D eigenvalue weighted by atomic mass is 10.0. The average molecular weight is 462 g/mol. The van der Waals surface area contributed by atoms with Crippen LogP contribution in [0.3, 0.4) is 0 Å². The molecule has 0 radical (unpaired) electrons. The van der Waals surface area contributed by atoms with Crippen molar-refractivity contribution in [2.45, 2.75) is 25.5 Å².